The van der Waals surface area contributed by atoms with Crippen LogP contribution in [0.2, 0.25) is 0 Å². The summed E-state index contributed by atoms with van der Waals surface area (Å²) >= 11 is 0. The van der Waals surface area contributed by atoms with Gasteiger partial charge < -0.3 is 19.9 Å². The van der Waals surface area contributed by atoms with Crippen LogP contribution in [0.1, 0.15) is 31.4 Å². The first-order chi connectivity index (χ1) is 13.7. The average molecular weight is 386 g/mol. The lowest BCUT2D eigenvalue weighted by Gasteiger charge is -2.48. The van der Waals surface area contributed by atoms with Crippen molar-refractivity contribution in [3.63, 3.8) is 0 Å². The van der Waals surface area contributed by atoms with E-state index in [4.69, 9.17) is 4.74 Å². The second-order valence-electron chi connectivity index (χ2n) is 8.28. The lowest BCUT2D eigenvalue weighted by molar-refractivity contribution is -0.150. The Morgan fingerprint density at radius 3 is 2.86 bits per heavy atom. The molecular formula is C21H30N4O3. The number of nitrogens with zero attached hydrogens (tertiary/aromatic N) is 3. The van der Waals surface area contributed by atoms with Gasteiger partial charge in [-0.25, -0.2) is 0 Å². The molecule has 2 amide bonds. The molecular weight excluding hydrogens is 356 g/mol. The number of aromatic nitrogens is 1. The smallest absolute Gasteiger partial charge is 0.253 e. The Morgan fingerprint density at radius 1 is 1.29 bits per heavy atom. The summed E-state index contributed by atoms with van der Waals surface area (Å²) in [6.45, 7) is 5.08. The number of piperidine rings is 2. The number of likely N-dealkylation sites (tertiary alicyclic amines) is 2. The number of carbonyl (C=O) groups is 2. The maximum absolute atomic E-state index is 12.7. The highest BCUT2D eigenvalue weighted by molar-refractivity contribution is 5.81. The van der Waals surface area contributed by atoms with Gasteiger partial charge in [0.05, 0.1) is 6.61 Å². The number of morpholine rings is 1. The second kappa shape index (κ2) is 8.57. The highest BCUT2D eigenvalue weighted by Gasteiger charge is 2.42. The van der Waals surface area contributed by atoms with E-state index in [1.165, 1.54) is 0 Å². The van der Waals surface area contributed by atoms with Gasteiger partial charge in [0.2, 0.25) is 5.91 Å². The molecule has 3 saturated heterocycles. The molecule has 0 unspecified atom stereocenters. The first-order valence-electron chi connectivity index (χ1n) is 10.4. The maximum Gasteiger partial charge on any atom is 0.253 e. The standard InChI is InChI=1S/C21H30N4O3/c26-19-4-6-21(16-25(19)11-5-17-3-1-2-9-23-17)7-12-24(13-8-21)20(27)18-15-22-10-14-28-18/h1-3,9,18,22H,4-8,10-16H2/t18-/m0/s1. The van der Waals surface area contributed by atoms with Gasteiger partial charge in [-0.3, -0.25) is 14.6 Å². The van der Waals surface area contributed by atoms with Gasteiger partial charge in [-0.2, -0.15) is 0 Å². The van der Waals surface area contributed by atoms with Crippen LogP contribution < -0.4 is 5.32 Å². The molecule has 28 heavy (non-hydrogen) atoms. The molecule has 1 aromatic heterocycles. The van der Waals surface area contributed by atoms with Crippen molar-refractivity contribution in [2.45, 2.75) is 38.2 Å². The normalized spacial score (nSPS) is 25.1. The Hall–Kier alpha value is -1.99. The fraction of sp³-hybridized carbons (Fsp3) is 0.667. The van der Waals surface area contributed by atoms with Crippen LogP contribution >= 0.6 is 0 Å². The zero-order valence-corrected chi connectivity index (χ0v) is 16.4. The van der Waals surface area contributed by atoms with Gasteiger partial charge in [-0.15, -0.1) is 0 Å². The summed E-state index contributed by atoms with van der Waals surface area (Å²) in [5.41, 5.74) is 1.18. The summed E-state index contributed by atoms with van der Waals surface area (Å²) in [5.74, 6) is 0.364. The van der Waals surface area contributed by atoms with Crippen molar-refractivity contribution in [3.8, 4) is 0 Å². The topological polar surface area (TPSA) is 74.8 Å². The Balaban J connectivity index is 1.31. The highest BCUT2D eigenvalue weighted by Crippen LogP contribution is 2.40. The number of nitrogens with one attached hydrogen (secondary N) is 1. The van der Waals surface area contributed by atoms with Gasteiger partial charge >= 0.3 is 0 Å². The van der Waals surface area contributed by atoms with Crippen molar-refractivity contribution >= 4 is 11.8 Å². The molecule has 7 nitrogen and oxygen atoms in total. The fourth-order valence-corrected chi connectivity index (χ4v) is 4.64. The van der Waals surface area contributed by atoms with E-state index in [0.29, 0.717) is 19.6 Å². The van der Waals surface area contributed by atoms with E-state index in [-0.39, 0.29) is 23.3 Å². The molecule has 1 N–H and O–H groups in total. The van der Waals surface area contributed by atoms with Crippen molar-refractivity contribution in [3.05, 3.63) is 30.1 Å². The number of rotatable bonds is 4. The van der Waals surface area contributed by atoms with Gasteiger partial charge in [0.15, 0.2) is 0 Å². The quantitative estimate of drug-likeness (QED) is 0.830. The van der Waals surface area contributed by atoms with Crippen molar-refractivity contribution in [2.24, 2.45) is 5.41 Å². The number of hydrogen-bond acceptors (Lipinski definition) is 5. The average Bonchev–Trinajstić information content (AvgIpc) is 2.76. The molecule has 3 fully saturated rings. The van der Waals surface area contributed by atoms with Gasteiger partial charge in [0.1, 0.15) is 6.10 Å². The second-order valence-corrected chi connectivity index (χ2v) is 8.28. The Labute approximate surface area is 166 Å². The summed E-state index contributed by atoms with van der Waals surface area (Å²) in [6, 6.07) is 5.91. The Morgan fingerprint density at radius 2 is 2.14 bits per heavy atom. The van der Waals surface area contributed by atoms with E-state index in [1.54, 1.807) is 6.20 Å². The molecule has 0 saturated carbocycles. The minimum atomic E-state index is -0.342. The monoisotopic (exact) mass is 386 g/mol. The number of carbonyl (C=O) groups excluding carboxylic acids is 2. The number of hydrogen-bond donors (Lipinski definition) is 1. The minimum absolute atomic E-state index is 0.112. The molecule has 0 aliphatic carbocycles. The summed E-state index contributed by atoms with van der Waals surface area (Å²) in [6.07, 6.45) is 5.73. The summed E-state index contributed by atoms with van der Waals surface area (Å²) in [7, 11) is 0. The number of amides is 2. The first-order valence-corrected chi connectivity index (χ1v) is 10.4. The molecule has 3 aliphatic heterocycles. The molecule has 0 bridgehead atoms. The van der Waals surface area contributed by atoms with Gasteiger partial charge in [-0.1, -0.05) is 6.07 Å². The van der Waals surface area contributed by atoms with Gasteiger partial charge in [0.25, 0.3) is 5.91 Å². The van der Waals surface area contributed by atoms with Crippen LogP contribution in [0.5, 0.6) is 0 Å². The number of ether oxygens (including phenoxy) is 1. The van der Waals surface area contributed by atoms with Crippen LogP contribution in [-0.2, 0) is 20.7 Å². The zero-order chi connectivity index (χ0) is 19.4. The molecule has 1 aromatic rings. The molecule has 1 atom stereocenters. The van der Waals surface area contributed by atoms with Crippen molar-refractivity contribution in [1.29, 1.82) is 0 Å². The van der Waals surface area contributed by atoms with Crippen molar-refractivity contribution < 1.29 is 14.3 Å². The summed E-state index contributed by atoms with van der Waals surface area (Å²) in [5, 5.41) is 3.23. The third kappa shape index (κ3) is 4.36. The van der Waals surface area contributed by atoms with E-state index in [9.17, 15) is 9.59 Å². The van der Waals surface area contributed by atoms with Gasteiger partial charge in [-0.05, 0) is 36.8 Å². The SMILES string of the molecule is O=C1CCC2(CCN(C(=O)[C@@H]3CNCCO3)CC2)CN1CCc1ccccn1. The third-order valence-corrected chi connectivity index (χ3v) is 6.45. The molecule has 4 heterocycles. The lowest BCUT2D eigenvalue weighted by Crippen LogP contribution is -2.55. The Bertz CT molecular complexity index is 682. The summed E-state index contributed by atoms with van der Waals surface area (Å²) < 4.78 is 5.62. The fourth-order valence-electron chi connectivity index (χ4n) is 4.64. The van der Waals surface area contributed by atoms with Crippen LogP contribution in [0.25, 0.3) is 0 Å². The van der Waals surface area contributed by atoms with Crippen LogP contribution in [-0.4, -0.2) is 78.6 Å². The van der Waals surface area contributed by atoms with Crippen LogP contribution in [0.3, 0.4) is 0 Å². The van der Waals surface area contributed by atoms with Crippen LogP contribution in [0, 0.1) is 5.41 Å². The molecule has 0 aromatic carbocycles. The van der Waals surface area contributed by atoms with E-state index in [1.807, 2.05) is 28.0 Å². The van der Waals surface area contributed by atoms with E-state index in [2.05, 4.69) is 10.3 Å². The lowest BCUT2D eigenvalue weighted by atomic mass is 9.72. The molecule has 152 valence electrons. The van der Waals surface area contributed by atoms with E-state index >= 15 is 0 Å². The largest absolute Gasteiger partial charge is 0.366 e. The predicted octanol–water partition coefficient (Wildman–Crippen LogP) is 0.844. The molecule has 7 heteroatoms. The first kappa shape index (κ1) is 19.3. The third-order valence-electron chi connectivity index (χ3n) is 6.45. The van der Waals surface area contributed by atoms with E-state index < -0.39 is 0 Å². The van der Waals surface area contributed by atoms with E-state index in [0.717, 1.165) is 64.1 Å². The van der Waals surface area contributed by atoms with Gasteiger partial charge in [0, 0.05) is 64.0 Å². The van der Waals surface area contributed by atoms with Crippen molar-refractivity contribution in [2.75, 3.05) is 45.9 Å². The Kier molecular flexibility index (Phi) is 5.92. The number of pyridine rings is 1. The van der Waals surface area contributed by atoms with Crippen LogP contribution in [0.15, 0.2) is 24.4 Å². The zero-order valence-electron chi connectivity index (χ0n) is 16.4. The molecule has 4 rings (SSSR count). The van der Waals surface area contributed by atoms with Crippen LogP contribution in [0.4, 0.5) is 0 Å². The summed E-state index contributed by atoms with van der Waals surface area (Å²) in [4.78, 5) is 33.5. The molecule has 1 spiro atoms. The molecule has 3 aliphatic rings. The van der Waals surface area contributed by atoms with Crippen molar-refractivity contribution in [1.82, 2.24) is 20.1 Å². The predicted molar refractivity (Wildman–Crippen MR) is 105 cm³/mol. The molecule has 0 radical (unpaired) electrons. The maximum atomic E-state index is 12.7. The minimum Gasteiger partial charge on any atom is -0.366 e. The highest BCUT2D eigenvalue weighted by atomic mass is 16.5.